The third-order valence-corrected chi connectivity index (χ3v) is 4.85. The highest BCUT2D eigenvalue weighted by molar-refractivity contribution is 7.99. The average Bonchev–Trinajstić information content (AvgIpc) is 2.61. The molecule has 0 bridgehead atoms. The Morgan fingerprint density at radius 2 is 1.93 bits per heavy atom. The molecule has 0 spiro atoms. The van der Waals surface area contributed by atoms with E-state index < -0.39 is 6.61 Å². The Kier molecular flexibility index (Phi) is 7.91. The third kappa shape index (κ3) is 6.75. The Labute approximate surface area is 162 Å². The van der Waals surface area contributed by atoms with Crippen LogP contribution in [0.4, 0.5) is 8.78 Å². The summed E-state index contributed by atoms with van der Waals surface area (Å²) in [4.78, 5) is 13.9. The fourth-order valence-electron chi connectivity index (χ4n) is 2.54. The molecule has 0 aliphatic heterocycles. The Morgan fingerprint density at radius 3 is 2.59 bits per heavy atom. The van der Waals surface area contributed by atoms with Gasteiger partial charge in [-0.1, -0.05) is 35.9 Å². The fraction of sp³-hybridized carbons (Fsp3) is 0.350. The lowest BCUT2D eigenvalue weighted by Gasteiger charge is -2.18. The average molecular weight is 395 g/mol. The van der Waals surface area contributed by atoms with Gasteiger partial charge in [-0.05, 0) is 30.2 Å². The molecule has 0 aliphatic rings. The van der Waals surface area contributed by atoms with Crippen LogP contribution in [0.15, 0.2) is 42.5 Å². The summed E-state index contributed by atoms with van der Waals surface area (Å²) in [5.74, 6) is 1.26. The van der Waals surface area contributed by atoms with E-state index in [9.17, 15) is 13.6 Å². The number of carbonyl (C=O) groups excluding carboxylic acids is 1. The van der Waals surface area contributed by atoms with Crippen molar-refractivity contribution in [3.05, 3.63) is 59.2 Å². The number of hydrogen-bond donors (Lipinski definition) is 0. The first-order valence-electron chi connectivity index (χ1n) is 8.38. The number of methoxy groups -OCH3 is 1. The molecule has 0 fully saturated rings. The van der Waals surface area contributed by atoms with E-state index in [0.29, 0.717) is 17.9 Å². The number of thioether (sulfide) groups is 1. The van der Waals surface area contributed by atoms with Crippen LogP contribution in [-0.2, 0) is 17.1 Å². The van der Waals surface area contributed by atoms with Gasteiger partial charge in [-0.2, -0.15) is 8.78 Å². The predicted molar refractivity (Wildman–Crippen MR) is 103 cm³/mol. The maximum Gasteiger partial charge on any atom is 0.387 e. The molecule has 0 heterocycles. The standard InChI is InChI=1S/C20H23F2NO3S/c1-14-5-4-6-16(9-14)12-27-13-19(24)23(2)11-15-7-8-17(25-3)18(10-15)26-20(21)22/h4-10,20H,11-13H2,1-3H3. The van der Waals surface area contributed by atoms with Crippen molar-refractivity contribution in [3.8, 4) is 11.5 Å². The van der Waals surface area contributed by atoms with Gasteiger partial charge < -0.3 is 14.4 Å². The lowest BCUT2D eigenvalue weighted by atomic mass is 10.2. The van der Waals surface area contributed by atoms with E-state index >= 15 is 0 Å². The second kappa shape index (κ2) is 10.2. The van der Waals surface area contributed by atoms with Crippen molar-refractivity contribution >= 4 is 17.7 Å². The Balaban J connectivity index is 1.89. The molecular formula is C20H23F2NO3S. The molecule has 0 N–H and O–H groups in total. The van der Waals surface area contributed by atoms with Gasteiger partial charge in [0.2, 0.25) is 5.91 Å². The molecule has 0 aromatic heterocycles. The lowest BCUT2D eigenvalue weighted by Crippen LogP contribution is -2.27. The van der Waals surface area contributed by atoms with Crippen LogP contribution in [0.1, 0.15) is 16.7 Å². The molecular weight excluding hydrogens is 372 g/mol. The monoisotopic (exact) mass is 395 g/mol. The summed E-state index contributed by atoms with van der Waals surface area (Å²) in [5, 5.41) is 0. The van der Waals surface area contributed by atoms with Crippen LogP contribution in [0.3, 0.4) is 0 Å². The van der Waals surface area contributed by atoms with Crippen LogP contribution in [0.2, 0.25) is 0 Å². The molecule has 1 amide bonds. The van der Waals surface area contributed by atoms with Gasteiger partial charge in [-0.3, -0.25) is 4.79 Å². The van der Waals surface area contributed by atoms with Crippen LogP contribution in [0.5, 0.6) is 11.5 Å². The molecule has 2 aromatic rings. The number of rotatable bonds is 9. The number of ether oxygens (including phenoxy) is 2. The fourth-order valence-corrected chi connectivity index (χ4v) is 3.45. The van der Waals surface area contributed by atoms with E-state index in [2.05, 4.69) is 10.8 Å². The summed E-state index contributed by atoms with van der Waals surface area (Å²) >= 11 is 1.54. The zero-order valence-electron chi connectivity index (χ0n) is 15.6. The van der Waals surface area contributed by atoms with E-state index in [0.717, 1.165) is 5.75 Å². The molecule has 146 valence electrons. The summed E-state index contributed by atoms with van der Waals surface area (Å²) < 4.78 is 34.5. The van der Waals surface area contributed by atoms with Crippen molar-refractivity contribution in [2.45, 2.75) is 25.8 Å². The van der Waals surface area contributed by atoms with Gasteiger partial charge in [-0.15, -0.1) is 11.8 Å². The van der Waals surface area contributed by atoms with Crippen LogP contribution in [-0.4, -0.2) is 37.3 Å². The molecule has 2 rings (SSSR count). The Bertz CT molecular complexity index is 771. The number of aryl methyl sites for hydroxylation is 1. The molecule has 0 saturated heterocycles. The van der Waals surface area contributed by atoms with Crippen molar-refractivity contribution in [1.29, 1.82) is 0 Å². The highest BCUT2D eigenvalue weighted by atomic mass is 32.2. The highest BCUT2D eigenvalue weighted by Gasteiger charge is 2.14. The van der Waals surface area contributed by atoms with Crippen LogP contribution >= 0.6 is 11.8 Å². The summed E-state index contributed by atoms with van der Waals surface area (Å²) in [7, 11) is 3.07. The first-order valence-corrected chi connectivity index (χ1v) is 9.53. The lowest BCUT2D eigenvalue weighted by molar-refractivity contribution is -0.127. The molecule has 4 nitrogen and oxygen atoms in total. The van der Waals surface area contributed by atoms with Gasteiger partial charge in [0.05, 0.1) is 12.9 Å². The molecule has 0 saturated carbocycles. The van der Waals surface area contributed by atoms with Gasteiger partial charge >= 0.3 is 6.61 Å². The Hall–Kier alpha value is -2.28. The zero-order chi connectivity index (χ0) is 19.8. The van der Waals surface area contributed by atoms with Crippen LogP contribution in [0, 0.1) is 6.92 Å². The second-order valence-electron chi connectivity index (χ2n) is 6.10. The molecule has 0 radical (unpaired) electrons. The third-order valence-electron chi connectivity index (χ3n) is 3.87. The van der Waals surface area contributed by atoms with E-state index in [1.807, 2.05) is 25.1 Å². The summed E-state index contributed by atoms with van der Waals surface area (Å²) in [6.45, 7) is -0.604. The summed E-state index contributed by atoms with van der Waals surface area (Å²) in [5.41, 5.74) is 3.06. The Morgan fingerprint density at radius 1 is 1.15 bits per heavy atom. The van der Waals surface area contributed by atoms with Gasteiger partial charge in [0.25, 0.3) is 0 Å². The second-order valence-corrected chi connectivity index (χ2v) is 7.08. The molecule has 2 aromatic carbocycles. The molecule has 0 atom stereocenters. The number of hydrogen-bond acceptors (Lipinski definition) is 4. The topological polar surface area (TPSA) is 38.8 Å². The van der Waals surface area contributed by atoms with Gasteiger partial charge in [-0.25, -0.2) is 0 Å². The number of benzene rings is 2. The molecule has 0 unspecified atom stereocenters. The van der Waals surface area contributed by atoms with Crippen molar-refractivity contribution < 1.29 is 23.0 Å². The smallest absolute Gasteiger partial charge is 0.387 e. The van der Waals surface area contributed by atoms with Crippen molar-refractivity contribution in [2.24, 2.45) is 0 Å². The first-order chi connectivity index (χ1) is 12.9. The maximum absolute atomic E-state index is 12.5. The van der Waals surface area contributed by atoms with Gasteiger partial charge in [0.1, 0.15) is 0 Å². The van der Waals surface area contributed by atoms with Gasteiger partial charge in [0.15, 0.2) is 11.5 Å². The van der Waals surface area contributed by atoms with E-state index in [-0.39, 0.29) is 17.4 Å². The van der Waals surface area contributed by atoms with E-state index in [1.54, 1.807) is 35.8 Å². The number of halogens is 2. The normalized spacial score (nSPS) is 10.7. The minimum Gasteiger partial charge on any atom is -0.493 e. The minimum atomic E-state index is -2.94. The number of nitrogens with zero attached hydrogens (tertiary/aromatic N) is 1. The first kappa shape index (κ1) is 21.0. The molecule has 27 heavy (non-hydrogen) atoms. The van der Waals surface area contributed by atoms with Crippen molar-refractivity contribution in [3.63, 3.8) is 0 Å². The maximum atomic E-state index is 12.5. The van der Waals surface area contributed by atoms with E-state index in [1.165, 1.54) is 24.3 Å². The highest BCUT2D eigenvalue weighted by Crippen LogP contribution is 2.30. The SMILES string of the molecule is COc1ccc(CN(C)C(=O)CSCc2cccc(C)c2)cc1OC(F)F. The number of alkyl halides is 2. The van der Waals surface area contributed by atoms with Crippen LogP contribution in [0.25, 0.3) is 0 Å². The van der Waals surface area contributed by atoms with Gasteiger partial charge in [0, 0.05) is 19.3 Å². The zero-order valence-corrected chi connectivity index (χ0v) is 16.4. The number of amides is 1. The van der Waals surface area contributed by atoms with Crippen molar-refractivity contribution in [2.75, 3.05) is 19.9 Å². The largest absolute Gasteiger partial charge is 0.493 e. The summed E-state index contributed by atoms with van der Waals surface area (Å²) in [6, 6.07) is 12.9. The van der Waals surface area contributed by atoms with Crippen LogP contribution < -0.4 is 9.47 Å². The van der Waals surface area contributed by atoms with Crippen molar-refractivity contribution in [1.82, 2.24) is 4.90 Å². The number of carbonyl (C=O) groups is 1. The van der Waals surface area contributed by atoms with E-state index in [4.69, 9.17) is 4.74 Å². The quantitative estimate of drug-likeness (QED) is 0.627. The summed E-state index contributed by atoms with van der Waals surface area (Å²) in [6.07, 6.45) is 0. The molecule has 7 heteroatoms. The molecule has 0 aliphatic carbocycles. The predicted octanol–water partition coefficient (Wildman–Crippen LogP) is 4.50. The minimum absolute atomic E-state index is 0.0280.